The quantitative estimate of drug-likeness (QED) is 0.251. The molecule has 0 aliphatic carbocycles. The third-order valence-electron chi connectivity index (χ3n) is 4.11. The number of methoxy groups -OCH3 is 1. The van der Waals surface area contributed by atoms with Crippen LogP contribution in [0, 0.1) is 5.82 Å². The first kappa shape index (κ1) is 21.5. The Kier molecular flexibility index (Phi) is 7.31. The largest absolute Gasteiger partial charge is 0.493 e. The normalized spacial score (nSPS) is 10.5. The monoisotopic (exact) mass is 421 g/mol. The Morgan fingerprint density at radius 2 is 1.74 bits per heavy atom. The average molecular weight is 421 g/mol. The minimum Gasteiger partial charge on any atom is -0.493 e. The maximum absolute atomic E-state index is 13.8. The molecule has 0 fully saturated rings. The molecule has 0 radical (unpaired) electrons. The molecule has 2 N–H and O–H groups in total. The molecule has 0 aromatic heterocycles. The summed E-state index contributed by atoms with van der Waals surface area (Å²) >= 11 is 0. The second-order valence-corrected chi connectivity index (χ2v) is 6.29. The zero-order valence-corrected chi connectivity index (χ0v) is 16.7. The van der Waals surface area contributed by atoms with Crippen molar-refractivity contribution in [2.24, 2.45) is 5.10 Å². The van der Waals surface area contributed by atoms with Crippen LogP contribution in [0.3, 0.4) is 0 Å². The Bertz CT molecular complexity index is 1090. The van der Waals surface area contributed by atoms with E-state index < -0.39 is 11.8 Å². The predicted molar refractivity (Wildman–Crippen MR) is 115 cm³/mol. The van der Waals surface area contributed by atoms with E-state index in [1.54, 1.807) is 18.2 Å². The van der Waals surface area contributed by atoms with Gasteiger partial charge in [-0.3, -0.25) is 4.79 Å². The standard InChI is InChI=1S/C23H20FN3O4/c1-30-21-13-16(14-26-27-22(28)15-25-17-7-3-2-4-8-17)11-12-20(21)31-23(29)18-9-5-6-10-19(18)24/h2-14,25H,15H2,1H3,(H,27,28)/b26-14+. The topological polar surface area (TPSA) is 89.0 Å². The third-order valence-corrected chi connectivity index (χ3v) is 4.11. The lowest BCUT2D eigenvalue weighted by Crippen LogP contribution is -2.25. The fraction of sp³-hybridized carbons (Fsp3) is 0.0870. The number of carbonyl (C=O) groups excluding carboxylic acids is 2. The number of anilines is 1. The third kappa shape index (κ3) is 6.14. The highest BCUT2D eigenvalue weighted by molar-refractivity contribution is 5.92. The molecule has 0 saturated heterocycles. The number of nitrogens with one attached hydrogen (secondary N) is 2. The van der Waals surface area contributed by atoms with Crippen LogP contribution in [0.25, 0.3) is 0 Å². The molecule has 0 aliphatic heterocycles. The summed E-state index contributed by atoms with van der Waals surface area (Å²) in [6.45, 7) is 0.0651. The molecule has 3 rings (SSSR count). The number of hydrogen-bond donors (Lipinski definition) is 2. The smallest absolute Gasteiger partial charge is 0.346 e. The zero-order valence-electron chi connectivity index (χ0n) is 16.7. The lowest BCUT2D eigenvalue weighted by atomic mass is 10.2. The number of ether oxygens (including phenoxy) is 2. The van der Waals surface area contributed by atoms with Crippen molar-refractivity contribution in [2.45, 2.75) is 0 Å². The van der Waals surface area contributed by atoms with E-state index in [2.05, 4.69) is 15.8 Å². The van der Waals surface area contributed by atoms with Crippen molar-refractivity contribution in [1.29, 1.82) is 0 Å². The number of hydrazone groups is 1. The Balaban J connectivity index is 1.58. The van der Waals surface area contributed by atoms with Gasteiger partial charge in [0.2, 0.25) is 0 Å². The number of carbonyl (C=O) groups is 2. The summed E-state index contributed by atoms with van der Waals surface area (Å²) < 4.78 is 24.2. The van der Waals surface area contributed by atoms with Gasteiger partial charge in [-0.1, -0.05) is 30.3 Å². The molecule has 0 spiro atoms. The van der Waals surface area contributed by atoms with E-state index in [-0.39, 0.29) is 29.5 Å². The lowest BCUT2D eigenvalue weighted by molar-refractivity contribution is -0.119. The Hall–Kier alpha value is -4.20. The van der Waals surface area contributed by atoms with Crippen molar-refractivity contribution in [1.82, 2.24) is 5.43 Å². The predicted octanol–water partition coefficient (Wildman–Crippen LogP) is 3.62. The molecular weight excluding hydrogens is 401 g/mol. The highest BCUT2D eigenvalue weighted by Gasteiger charge is 2.16. The van der Waals surface area contributed by atoms with Crippen LogP contribution in [0.1, 0.15) is 15.9 Å². The van der Waals surface area contributed by atoms with Crippen molar-refractivity contribution in [3.05, 3.63) is 89.7 Å². The van der Waals surface area contributed by atoms with Crippen LogP contribution in [0.4, 0.5) is 10.1 Å². The molecule has 1 amide bonds. The van der Waals surface area contributed by atoms with E-state index in [0.717, 1.165) is 5.69 Å². The van der Waals surface area contributed by atoms with E-state index >= 15 is 0 Å². The maximum atomic E-state index is 13.8. The first-order valence-corrected chi connectivity index (χ1v) is 9.32. The van der Waals surface area contributed by atoms with E-state index in [1.165, 1.54) is 37.6 Å². The fourth-order valence-corrected chi connectivity index (χ4v) is 2.59. The van der Waals surface area contributed by atoms with Gasteiger partial charge < -0.3 is 14.8 Å². The second kappa shape index (κ2) is 10.5. The van der Waals surface area contributed by atoms with Crippen molar-refractivity contribution in [3.8, 4) is 11.5 Å². The molecule has 31 heavy (non-hydrogen) atoms. The number of amides is 1. The molecule has 0 saturated carbocycles. The summed E-state index contributed by atoms with van der Waals surface area (Å²) in [5.74, 6) is -1.44. The van der Waals surface area contributed by atoms with Crippen molar-refractivity contribution >= 4 is 23.8 Å². The van der Waals surface area contributed by atoms with Gasteiger partial charge in [-0.25, -0.2) is 14.6 Å². The number of esters is 1. The molecule has 3 aromatic rings. The van der Waals surface area contributed by atoms with Gasteiger partial charge >= 0.3 is 5.97 Å². The molecule has 7 nitrogen and oxygen atoms in total. The molecule has 0 bridgehead atoms. The second-order valence-electron chi connectivity index (χ2n) is 6.29. The zero-order chi connectivity index (χ0) is 22.1. The number of benzene rings is 3. The number of rotatable bonds is 8. The van der Waals surface area contributed by atoms with Crippen molar-refractivity contribution in [2.75, 3.05) is 19.0 Å². The van der Waals surface area contributed by atoms with Gasteiger partial charge in [0.05, 0.1) is 25.4 Å². The first-order valence-electron chi connectivity index (χ1n) is 9.32. The van der Waals surface area contributed by atoms with Gasteiger partial charge in [0, 0.05) is 5.69 Å². The molecule has 0 atom stereocenters. The number of nitrogens with zero attached hydrogens (tertiary/aromatic N) is 1. The average Bonchev–Trinajstić information content (AvgIpc) is 2.79. The molecular formula is C23H20FN3O4. The van der Waals surface area contributed by atoms with Crippen LogP contribution in [0.15, 0.2) is 77.9 Å². The summed E-state index contributed by atoms with van der Waals surface area (Å²) in [7, 11) is 1.41. The molecule has 0 aliphatic rings. The number of para-hydroxylation sites is 1. The van der Waals surface area contributed by atoms with Gasteiger partial charge in [0.1, 0.15) is 5.82 Å². The Morgan fingerprint density at radius 1 is 1.00 bits per heavy atom. The molecule has 158 valence electrons. The summed E-state index contributed by atoms with van der Waals surface area (Å²) in [6, 6.07) is 19.5. The molecule has 8 heteroatoms. The Labute approximate surface area is 178 Å². The summed E-state index contributed by atoms with van der Waals surface area (Å²) in [6.07, 6.45) is 1.42. The van der Waals surface area contributed by atoms with Gasteiger partial charge in [0.15, 0.2) is 11.5 Å². The minimum absolute atomic E-state index is 0.0651. The fourth-order valence-electron chi connectivity index (χ4n) is 2.59. The lowest BCUT2D eigenvalue weighted by Gasteiger charge is -2.10. The van der Waals surface area contributed by atoms with E-state index in [0.29, 0.717) is 5.56 Å². The van der Waals surface area contributed by atoms with Gasteiger partial charge in [-0.15, -0.1) is 0 Å². The SMILES string of the molecule is COc1cc(/C=N/NC(=O)CNc2ccccc2)ccc1OC(=O)c1ccccc1F. The van der Waals surface area contributed by atoms with Crippen LogP contribution in [-0.4, -0.2) is 31.7 Å². The van der Waals surface area contributed by atoms with Gasteiger partial charge in [-0.05, 0) is 48.0 Å². The van der Waals surface area contributed by atoms with Crippen LogP contribution in [-0.2, 0) is 4.79 Å². The maximum Gasteiger partial charge on any atom is 0.346 e. The van der Waals surface area contributed by atoms with Crippen molar-refractivity contribution in [3.63, 3.8) is 0 Å². The van der Waals surface area contributed by atoms with E-state index in [4.69, 9.17) is 9.47 Å². The van der Waals surface area contributed by atoms with Gasteiger partial charge in [0.25, 0.3) is 5.91 Å². The number of hydrogen-bond acceptors (Lipinski definition) is 6. The van der Waals surface area contributed by atoms with Crippen LogP contribution >= 0.6 is 0 Å². The minimum atomic E-state index is -0.837. The number of halogens is 1. The van der Waals surface area contributed by atoms with Crippen molar-refractivity contribution < 1.29 is 23.5 Å². The van der Waals surface area contributed by atoms with Crippen LogP contribution < -0.4 is 20.2 Å². The highest BCUT2D eigenvalue weighted by atomic mass is 19.1. The molecule has 3 aromatic carbocycles. The summed E-state index contributed by atoms with van der Waals surface area (Å²) in [5, 5.41) is 6.87. The molecule has 0 heterocycles. The van der Waals surface area contributed by atoms with Gasteiger partial charge in [-0.2, -0.15) is 5.10 Å². The molecule has 0 unspecified atom stereocenters. The highest BCUT2D eigenvalue weighted by Crippen LogP contribution is 2.28. The van der Waals surface area contributed by atoms with Crippen LogP contribution in [0.5, 0.6) is 11.5 Å². The van der Waals surface area contributed by atoms with E-state index in [1.807, 2.05) is 30.3 Å². The summed E-state index contributed by atoms with van der Waals surface area (Å²) in [5.41, 5.74) is 3.66. The first-order chi connectivity index (χ1) is 15.1. The Morgan fingerprint density at radius 3 is 2.48 bits per heavy atom. The summed E-state index contributed by atoms with van der Waals surface area (Å²) in [4.78, 5) is 24.1. The van der Waals surface area contributed by atoms with E-state index in [9.17, 15) is 14.0 Å². The van der Waals surface area contributed by atoms with Crippen LogP contribution in [0.2, 0.25) is 0 Å².